The molecule has 3 rings (SSSR count). The van der Waals surface area contributed by atoms with Crippen molar-refractivity contribution in [3.05, 3.63) is 29.3 Å². The monoisotopic (exact) mass is 202 g/mol. The Kier molecular flexibility index (Phi) is 2.17. The van der Waals surface area contributed by atoms with E-state index in [1.165, 1.54) is 30.6 Å². The van der Waals surface area contributed by atoms with Gasteiger partial charge in [0, 0.05) is 31.4 Å². The Morgan fingerprint density at radius 2 is 2.33 bits per heavy atom. The van der Waals surface area contributed by atoms with Crippen molar-refractivity contribution in [1.82, 2.24) is 5.32 Å². The van der Waals surface area contributed by atoms with Crippen LogP contribution < -0.4 is 10.2 Å². The van der Waals surface area contributed by atoms with E-state index in [0.29, 0.717) is 0 Å². The normalized spacial score (nSPS) is 24.6. The van der Waals surface area contributed by atoms with Gasteiger partial charge in [0.05, 0.1) is 0 Å². The number of hydrogen-bond donors (Lipinski definition) is 1. The molecule has 0 aliphatic carbocycles. The first-order chi connectivity index (χ1) is 7.36. The van der Waals surface area contributed by atoms with Crippen molar-refractivity contribution < 1.29 is 0 Å². The summed E-state index contributed by atoms with van der Waals surface area (Å²) in [5.74, 6) is 0. The number of nitrogens with one attached hydrogen (secondary N) is 1. The third kappa shape index (κ3) is 1.44. The number of para-hydroxylation sites is 1. The van der Waals surface area contributed by atoms with Gasteiger partial charge in [0.15, 0.2) is 0 Å². The molecule has 0 bridgehead atoms. The predicted octanol–water partition coefficient (Wildman–Crippen LogP) is 1.72. The molecular weight excluding hydrogens is 184 g/mol. The molecule has 2 heterocycles. The summed E-state index contributed by atoms with van der Waals surface area (Å²) in [6.45, 7) is 5.70. The van der Waals surface area contributed by atoms with Gasteiger partial charge < -0.3 is 10.2 Å². The number of benzene rings is 1. The van der Waals surface area contributed by atoms with Gasteiger partial charge in [-0.15, -0.1) is 0 Å². The van der Waals surface area contributed by atoms with E-state index in [-0.39, 0.29) is 0 Å². The largest absolute Gasteiger partial charge is 0.366 e. The molecule has 2 aliphatic rings. The Bertz CT molecular complexity index is 373. The third-order valence-corrected chi connectivity index (χ3v) is 3.71. The van der Waals surface area contributed by atoms with Crippen LogP contribution in [0.1, 0.15) is 17.5 Å². The maximum absolute atomic E-state index is 3.49. The van der Waals surface area contributed by atoms with Gasteiger partial charge in [-0.25, -0.2) is 0 Å². The molecule has 0 spiro atoms. The van der Waals surface area contributed by atoms with E-state index >= 15 is 0 Å². The number of anilines is 1. The highest BCUT2D eigenvalue weighted by molar-refractivity contribution is 5.62. The molecule has 0 amide bonds. The molecule has 2 aliphatic heterocycles. The van der Waals surface area contributed by atoms with E-state index in [2.05, 4.69) is 35.3 Å². The Labute approximate surface area is 91.3 Å². The van der Waals surface area contributed by atoms with Crippen LogP contribution in [0.15, 0.2) is 18.2 Å². The summed E-state index contributed by atoms with van der Waals surface area (Å²) >= 11 is 0. The van der Waals surface area contributed by atoms with E-state index < -0.39 is 0 Å². The number of rotatable bonds is 0. The molecule has 1 aromatic rings. The van der Waals surface area contributed by atoms with Crippen molar-refractivity contribution in [3.63, 3.8) is 0 Å². The number of nitrogens with zero attached hydrogens (tertiary/aromatic N) is 1. The van der Waals surface area contributed by atoms with Crippen molar-refractivity contribution in [2.24, 2.45) is 0 Å². The maximum Gasteiger partial charge on any atom is 0.0431 e. The van der Waals surface area contributed by atoms with Gasteiger partial charge in [0.25, 0.3) is 0 Å². The van der Waals surface area contributed by atoms with Crippen LogP contribution in [0.3, 0.4) is 0 Å². The zero-order chi connectivity index (χ0) is 10.3. The highest BCUT2D eigenvalue weighted by Gasteiger charge is 2.28. The van der Waals surface area contributed by atoms with Crippen molar-refractivity contribution >= 4 is 5.69 Å². The molecule has 1 N–H and O–H groups in total. The number of hydrogen-bond acceptors (Lipinski definition) is 2. The third-order valence-electron chi connectivity index (χ3n) is 3.71. The topological polar surface area (TPSA) is 15.3 Å². The minimum atomic E-state index is 0.729. The summed E-state index contributed by atoms with van der Waals surface area (Å²) in [6, 6.07) is 7.45. The van der Waals surface area contributed by atoms with Crippen LogP contribution in [0.2, 0.25) is 0 Å². The number of aryl methyl sites for hydroxylation is 2. The SMILES string of the molecule is Cc1cccc2c1N1CCNCC1CC2. The van der Waals surface area contributed by atoms with Crippen molar-refractivity contribution in [1.29, 1.82) is 0 Å². The van der Waals surface area contributed by atoms with Crippen LogP contribution in [0.4, 0.5) is 5.69 Å². The fourth-order valence-corrected chi connectivity index (χ4v) is 2.97. The summed E-state index contributed by atoms with van der Waals surface area (Å²) in [7, 11) is 0. The second kappa shape index (κ2) is 3.53. The zero-order valence-corrected chi connectivity index (χ0v) is 9.29. The van der Waals surface area contributed by atoms with E-state index in [9.17, 15) is 0 Å². The lowest BCUT2D eigenvalue weighted by Gasteiger charge is -2.43. The summed E-state index contributed by atoms with van der Waals surface area (Å²) < 4.78 is 0. The fourth-order valence-electron chi connectivity index (χ4n) is 2.97. The minimum Gasteiger partial charge on any atom is -0.366 e. The molecule has 1 aromatic carbocycles. The van der Waals surface area contributed by atoms with Crippen LogP contribution in [0.5, 0.6) is 0 Å². The minimum absolute atomic E-state index is 0.729. The molecule has 2 heteroatoms. The van der Waals surface area contributed by atoms with Crippen molar-refractivity contribution in [2.45, 2.75) is 25.8 Å². The van der Waals surface area contributed by atoms with Gasteiger partial charge in [-0.1, -0.05) is 18.2 Å². The van der Waals surface area contributed by atoms with Crippen LogP contribution in [0, 0.1) is 6.92 Å². The maximum atomic E-state index is 3.49. The van der Waals surface area contributed by atoms with Gasteiger partial charge in [0.2, 0.25) is 0 Å². The first-order valence-electron chi connectivity index (χ1n) is 5.92. The molecule has 15 heavy (non-hydrogen) atoms. The summed E-state index contributed by atoms with van der Waals surface area (Å²) in [6.07, 6.45) is 2.56. The molecule has 1 fully saturated rings. The smallest absolute Gasteiger partial charge is 0.0431 e. The first kappa shape index (κ1) is 9.22. The Balaban J connectivity index is 2.05. The molecule has 80 valence electrons. The number of fused-ring (bicyclic) bond motifs is 3. The van der Waals surface area contributed by atoms with E-state index in [1.54, 1.807) is 5.56 Å². The van der Waals surface area contributed by atoms with Gasteiger partial charge in [-0.05, 0) is 30.9 Å². The van der Waals surface area contributed by atoms with Gasteiger partial charge in [-0.2, -0.15) is 0 Å². The van der Waals surface area contributed by atoms with Crippen LogP contribution in [0.25, 0.3) is 0 Å². The summed E-state index contributed by atoms with van der Waals surface area (Å²) in [5, 5.41) is 3.49. The summed E-state index contributed by atoms with van der Waals surface area (Å²) in [4.78, 5) is 2.62. The quantitative estimate of drug-likeness (QED) is 0.689. The Morgan fingerprint density at radius 1 is 1.40 bits per heavy atom. The molecule has 0 saturated carbocycles. The summed E-state index contributed by atoms with van der Waals surface area (Å²) in [5.41, 5.74) is 4.52. The zero-order valence-electron chi connectivity index (χ0n) is 9.29. The molecule has 1 saturated heterocycles. The second-order valence-electron chi connectivity index (χ2n) is 4.67. The highest BCUT2D eigenvalue weighted by Crippen LogP contribution is 2.33. The molecule has 0 radical (unpaired) electrons. The fraction of sp³-hybridized carbons (Fsp3) is 0.538. The first-order valence-corrected chi connectivity index (χ1v) is 5.92. The van der Waals surface area contributed by atoms with E-state index in [0.717, 1.165) is 19.1 Å². The van der Waals surface area contributed by atoms with Gasteiger partial charge in [0.1, 0.15) is 0 Å². The molecular formula is C13H18N2. The average molecular weight is 202 g/mol. The lowest BCUT2D eigenvalue weighted by Crippen LogP contribution is -2.53. The average Bonchev–Trinajstić information content (AvgIpc) is 2.29. The Morgan fingerprint density at radius 3 is 3.27 bits per heavy atom. The van der Waals surface area contributed by atoms with Crippen LogP contribution >= 0.6 is 0 Å². The number of piperazine rings is 1. The molecule has 1 atom stereocenters. The molecule has 1 unspecified atom stereocenters. The molecule has 2 nitrogen and oxygen atoms in total. The lowest BCUT2D eigenvalue weighted by molar-refractivity contribution is 0.439. The van der Waals surface area contributed by atoms with E-state index in [4.69, 9.17) is 0 Å². The lowest BCUT2D eigenvalue weighted by atomic mass is 9.92. The van der Waals surface area contributed by atoms with Gasteiger partial charge in [-0.3, -0.25) is 0 Å². The van der Waals surface area contributed by atoms with Crippen LogP contribution in [-0.4, -0.2) is 25.7 Å². The highest BCUT2D eigenvalue weighted by atomic mass is 15.2. The van der Waals surface area contributed by atoms with Gasteiger partial charge >= 0.3 is 0 Å². The standard InChI is InChI=1S/C13H18N2/c1-10-3-2-4-11-5-6-12-9-14-7-8-15(12)13(10)11/h2-4,12,14H,5-9H2,1H3. The predicted molar refractivity (Wildman–Crippen MR) is 63.5 cm³/mol. The van der Waals surface area contributed by atoms with Crippen molar-refractivity contribution in [2.75, 3.05) is 24.5 Å². The second-order valence-corrected chi connectivity index (χ2v) is 4.67. The van der Waals surface area contributed by atoms with Crippen LogP contribution in [-0.2, 0) is 6.42 Å². The van der Waals surface area contributed by atoms with E-state index in [1.807, 2.05) is 0 Å². The Hall–Kier alpha value is -1.02. The van der Waals surface area contributed by atoms with Crippen molar-refractivity contribution in [3.8, 4) is 0 Å². The molecule has 0 aromatic heterocycles.